The third-order valence-electron chi connectivity index (χ3n) is 3.27. The number of carbonyl (C=O) groups is 1. The van der Waals surface area contributed by atoms with E-state index in [0.717, 1.165) is 31.7 Å². The maximum Gasteiger partial charge on any atom is 0.321 e. The summed E-state index contributed by atoms with van der Waals surface area (Å²) in [7, 11) is 0. The smallest absolute Gasteiger partial charge is 0.321 e. The van der Waals surface area contributed by atoms with E-state index in [1.165, 1.54) is 5.56 Å². The summed E-state index contributed by atoms with van der Waals surface area (Å²) >= 11 is 0. The number of anilines is 1. The molecule has 2 N–H and O–H groups in total. The molecule has 0 radical (unpaired) electrons. The highest BCUT2D eigenvalue weighted by Crippen LogP contribution is 2.21. The van der Waals surface area contributed by atoms with Gasteiger partial charge in [0.1, 0.15) is 0 Å². The van der Waals surface area contributed by atoms with Gasteiger partial charge in [0.15, 0.2) is 0 Å². The van der Waals surface area contributed by atoms with Crippen molar-refractivity contribution >= 4 is 11.7 Å². The molecule has 1 atom stereocenters. The number of hydrogen-bond donors (Lipinski definition) is 2. The monoisotopic (exact) mass is 247 g/mol. The van der Waals surface area contributed by atoms with Crippen molar-refractivity contribution in [3.8, 4) is 0 Å². The van der Waals surface area contributed by atoms with Gasteiger partial charge in [0.25, 0.3) is 0 Å². The maximum atomic E-state index is 11.8. The molecular formula is C14H21N3O. The molecular weight excluding hydrogens is 226 g/mol. The average Bonchev–Trinajstić information content (AvgIpc) is 2.40. The molecule has 2 rings (SSSR count). The highest BCUT2D eigenvalue weighted by molar-refractivity contribution is 5.92. The van der Waals surface area contributed by atoms with Crippen molar-refractivity contribution in [3.63, 3.8) is 0 Å². The van der Waals surface area contributed by atoms with Crippen molar-refractivity contribution in [2.45, 2.75) is 26.3 Å². The fourth-order valence-electron chi connectivity index (χ4n) is 2.26. The minimum absolute atomic E-state index is 0.00880. The molecule has 0 saturated carbocycles. The van der Waals surface area contributed by atoms with Gasteiger partial charge in [-0.15, -0.1) is 0 Å². The summed E-state index contributed by atoms with van der Waals surface area (Å²) in [5.74, 6) is 0. The third kappa shape index (κ3) is 2.82. The second-order valence-electron chi connectivity index (χ2n) is 4.61. The van der Waals surface area contributed by atoms with Crippen LogP contribution in [0.25, 0.3) is 0 Å². The van der Waals surface area contributed by atoms with Crippen LogP contribution in [0, 0.1) is 0 Å². The predicted molar refractivity (Wildman–Crippen MR) is 73.9 cm³/mol. The number of rotatable bonds is 4. The fourth-order valence-corrected chi connectivity index (χ4v) is 2.26. The molecule has 0 aromatic heterocycles. The quantitative estimate of drug-likeness (QED) is 0.857. The molecule has 1 aliphatic heterocycles. The van der Waals surface area contributed by atoms with E-state index in [2.05, 4.69) is 36.6 Å². The maximum absolute atomic E-state index is 11.8. The van der Waals surface area contributed by atoms with Gasteiger partial charge < -0.3 is 10.6 Å². The van der Waals surface area contributed by atoms with Crippen LogP contribution < -0.4 is 15.5 Å². The minimum Gasteiger partial charge on any atom is -0.338 e. The first-order valence-corrected chi connectivity index (χ1v) is 6.61. The van der Waals surface area contributed by atoms with E-state index in [4.69, 9.17) is 0 Å². The molecule has 1 saturated heterocycles. The summed E-state index contributed by atoms with van der Waals surface area (Å²) in [4.78, 5) is 13.6. The van der Waals surface area contributed by atoms with E-state index < -0.39 is 0 Å². The topological polar surface area (TPSA) is 44.4 Å². The molecule has 4 nitrogen and oxygen atoms in total. The Morgan fingerprint density at radius 3 is 3.06 bits per heavy atom. The molecule has 0 bridgehead atoms. The van der Waals surface area contributed by atoms with Crippen molar-refractivity contribution in [2.75, 3.05) is 24.5 Å². The summed E-state index contributed by atoms with van der Waals surface area (Å²) in [6.45, 7) is 6.75. The van der Waals surface area contributed by atoms with E-state index in [-0.39, 0.29) is 6.03 Å². The van der Waals surface area contributed by atoms with Gasteiger partial charge in [-0.25, -0.2) is 4.79 Å². The SMILES string of the molecule is CCNC(C)c1cccc(N2CCCNC2=O)c1. The second-order valence-corrected chi connectivity index (χ2v) is 4.61. The minimum atomic E-state index is 0.00880. The number of urea groups is 1. The highest BCUT2D eigenvalue weighted by atomic mass is 16.2. The van der Waals surface area contributed by atoms with Crippen molar-refractivity contribution in [2.24, 2.45) is 0 Å². The zero-order valence-corrected chi connectivity index (χ0v) is 11.1. The van der Waals surface area contributed by atoms with E-state index in [1.54, 1.807) is 0 Å². The van der Waals surface area contributed by atoms with Crippen LogP contribution in [0.3, 0.4) is 0 Å². The Bertz CT molecular complexity index is 419. The largest absolute Gasteiger partial charge is 0.338 e. The molecule has 0 aliphatic carbocycles. The molecule has 1 unspecified atom stereocenters. The van der Waals surface area contributed by atoms with Gasteiger partial charge >= 0.3 is 6.03 Å². The lowest BCUT2D eigenvalue weighted by atomic mass is 10.1. The summed E-state index contributed by atoms with van der Waals surface area (Å²) in [5, 5.41) is 6.26. The van der Waals surface area contributed by atoms with E-state index in [0.29, 0.717) is 6.04 Å². The first-order chi connectivity index (χ1) is 8.72. The second kappa shape index (κ2) is 5.87. The van der Waals surface area contributed by atoms with Gasteiger partial charge in [-0.3, -0.25) is 4.90 Å². The zero-order chi connectivity index (χ0) is 13.0. The van der Waals surface area contributed by atoms with Crippen LogP contribution in [0.5, 0.6) is 0 Å². The third-order valence-corrected chi connectivity index (χ3v) is 3.27. The molecule has 0 spiro atoms. The van der Waals surface area contributed by atoms with Crippen LogP contribution in [0.1, 0.15) is 31.9 Å². The Labute approximate surface area is 108 Å². The normalized spacial score (nSPS) is 17.4. The number of carbonyl (C=O) groups excluding carboxylic acids is 1. The van der Waals surface area contributed by atoms with E-state index in [9.17, 15) is 4.79 Å². The molecule has 18 heavy (non-hydrogen) atoms. The van der Waals surface area contributed by atoms with E-state index in [1.807, 2.05) is 17.0 Å². The Morgan fingerprint density at radius 2 is 2.33 bits per heavy atom. The first kappa shape index (κ1) is 12.9. The van der Waals surface area contributed by atoms with Gasteiger partial charge in [-0.2, -0.15) is 0 Å². The van der Waals surface area contributed by atoms with Crippen molar-refractivity contribution in [3.05, 3.63) is 29.8 Å². The number of nitrogens with zero attached hydrogens (tertiary/aromatic N) is 1. The Morgan fingerprint density at radius 1 is 1.50 bits per heavy atom. The number of hydrogen-bond acceptors (Lipinski definition) is 2. The lowest BCUT2D eigenvalue weighted by molar-refractivity contribution is 0.243. The number of amides is 2. The van der Waals surface area contributed by atoms with Crippen molar-refractivity contribution < 1.29 is 4.79 Å². The van der Waals surface area contributed by atoms with Gasteiger partial charge in [-0.1, -0.05) is 19.1 Å². The summed E-state index contributed by atoms with van der Waals surface area (Å²) in [5.41, 5.74) is 2.20. The Hall–Kier alpha value is -1.55. The van der Waals surface area contributed by atoms with Gasteiger partial charge in [0.05, 0.1) is 0 Å². The molecule has 1 aliphatic rings. The summed E-state index contributed by atoms with van der Waals surface area (Å²) in [6.07, 6.45) is 0.999. The van der Waals surface area contributed by atoms with Crippen LogP contribution in [0.4, 0.5) is 10.5 Å². The van der Waals surface area contributed by atoms with Gasteiger partial charge in [0, 0.05) is 24.8 Å². The van der Waals surface area contributed by atoms with Crippen molar-refractivity contribution in [1.82, 2.24) is 10.6 Å². The van der Waals surface area contributed by atoms with Gasteiger partial charge in [0.2, 0.25) is 0 Å². The van der Waals surface area contributed by atoms with Crippen LogP contribution in [-0.4, -0.2) is 25.7 Å². The standard InChI is InChI=1S/C14H21N3O/c1-3-15-11(2)12-6-4-7-13(10-12)17-9-5-8-16-14(17)18/h4,6-7,10-11,15H,3,5,8-9H2,1-2H3,(H,16,18). The zero-order valence-electron chi connectivity index (χ0n) is 11.1. The molecule has 98 valence electrons. The predicted octanol–water partition coefficient (Wildman–Crippen LogP) is 2.28. The molecule has 4 heteroatoms. The van der Waals surface area contributed by atoms with Gasteiger partial charge in [-0.05, 0) is 37.6 Å². The van der Waals surface area contributed by atoms with Crippen LogP contribution in [0.2, 0.25) is 0 Å². The lowest BCUT2D eigenvalue weighted by Gasteiger charge is -2.28. The number of benzene rings is 1. The fraction of sp³-hybridized carbons (Fsp3) is 0.500. The number of nitrogens with one attached hydrogen (secondary N) is 2. The van der Waals surface area contributed by atoms with Crippen LogP contribution in [-0.2, 0) is 0 Å². The molecule has 1 aromatic carbocycles. The van der Waals surface area contributed by atoms with Crippen LogP contribution >= 0.6 is 0 Å². The first-order valence-electron chi connectivity index (χ1n) is 6.61. The van der Waals surface area contributed by atoms with E-state index >= 15 is 0 Å². The Kier molecular flexibility index (Phi) is 4.20. The molecule has 1 heterocycles. The highest BCUT2D eigenvalue weighted by Gasteiger charge is 2.19. The summed E-state index contributed by atoms with van der Waals surface area (Å²) < 4.78 is 0. The van der Waals surface area contributed by atoms with Crippen molar-refractivity contribution in [1.29, 1.82) is 0 Å². The lowest BCUT2D eigenvalue weighted by Crippen LogP contribution is -2.46. The molecule has 1 aromatic rings. The average molecular weight is 247 g/mol. The Balaban J connectivity index is 2.18. The molecule has 2 amide bonds. The van der Waals surface area contributed by atoms with Crippen LogP contribution in [0.15, 0.2) is 24.3 Å². The molecule has 1 fully saturated rings. The summed E-state index contributed by atoms with van der Waals surface area (Å²) in [6, 6.07) is 8.52.